The third-order valence-electron chi connectivity index (χ3n) is 2.30. The molecule has 0 spiro atoms. The maximum absolute atomic E-state index is 6.09. The SMILES string of the molecule is CC(C)c1c(Cl)cncc1OC1CC1. The molecule has 0 bridgehead atoms. The minimum absolute atomic E-state index is 0.374. The zero-order chi connectivity index (χ0) is 10.1. The molecule has 0 aromatic carbocycles. The minimum atomic E-state index is 0.374. The fourth-order valence-corrected chi connectivity index (χ4v) is 1.81. The van der Waals surface area contributed by atoms with E-state index in [1.165, 1.54) is 0 Å². The van der Waals surface area contributed by atoms with Crippen LogP contribution in [-0.2, 0) is 0 Å². The Balaban J connectivity index is 2.30. The van der Waals surface area contributed by atoms with Crippen molar-refractivity contribution in [3.63, 3.8) is 0 Å². The molecule has 1 saturated carbocycles. The van der Waals surface area contributed by atoms with Crippen LogP contribution in [0.2, 0.25) is 5.02 Å². The number of ether oxygens (including phenoxy) is 1. The van der Waals surface area contributed by atoms with Gasteiger partial charge in [-0.1, -0.05) is 25.4 Å². The second-order valence-corrected chi connectivity index (χ2v) is 4.41. The van der Waals surface area contributed by atoms with Gasteiger partial charge in [-0.25, -0.2) is 0 Å². The summed E-state index contributed by atoms with van der Waals surface area (Å²) in [6.07, 6.45) is 6.15. The molecule has 2 nitrogen and oxygen atoms in total. The Labute approximate surface area is 89.3 Å². The van der Waals surface area contributed by atoms with Gasteiger partial charge in [0.1, 0.15) is 5.75 Å². The highest BCUT2D eigenvalue weighted by atomic mass is 35.5. The van der Waals surface area contributed by atoms with Crippen molar-refractivity contribution in [2.24, 2.45) is 0 Å². The lowest BCUT2D eigenvalue weighted by Gasteiger charge is -2.14. The van der Waals surface area contributed by atoms with Gasteiger partial charge in [0.25, 0.3) is 0 Å². The molecule has 0 saturated heterocycles. The van der Waals surface area contributed by atoms with E-state index in [9.17, 15) is 0 Å². The molecule has 0 atom stereocenters. The molecule has 0 unspecified atom stereocenters. The number of hydrogen-bond donors (Lipinski definition) is 0. The van der Waals surface area contributed by atoms with Crippen LogP contribution in [0.15, 0.2) is 12.4 Å². The first-order valence-electron chi connectivity index (χ1n) is 4.98. The number of aromatic nitrogens is 1. The van der Waals surface area contributed by atoms with E-state index in [2.05, 4.69) is 18.8 Å². The van der Waals surface area contributed by atoms with Gasteiger partial charge < -0.3 is 4.74 Å². The van der Waals surface area contributed by atoms with E-state index >= 15 is 0 Å². The Morgan fingerprint density at radius 1 is 1.43 bits per heavy atom. The van der Waals surface area contributed by atoms with Crippen molar-refractivity contribution in [3.05, 3.63) is 23.0 Å². The van der Waals surface area contributed by atoms with Crippen LogP contribution in [0.3, 0.4) is 0 Å². The van der Waals surface area contributed by atoms with Gasteiger partial charge in [0.05, 0.1) is 17.3 Å². The fourth-order valence-electron chi connectivity index (χ4n) is 1.45. The van der Waals surface area contributed by atoms with E-state index < -0.39 is 0 Å². The average molecular weight is 212 g/mol. The summed E-state index contributed by atoms with van der Waals surface area (Å²) in [6.45, 7) is 4.22. The Morgan fingerprint density at radius 2 is 2.14 bits per heavy atom. The molecule has 0 radical (unpaired) electrons. The van der Waals surface area contributed by atoms with Crippen molar-refractivity contribution in [1.29, 1.82) is 0 Å². The lowest BCUT2D eigenvalue weighted by molar-refractivity contribution is 0.297. The summed E-state index contributed by atoms with van der Waals surface area (Å²) >= 11 is 6.09. The summed E-state index contributed by atoms with van der Waals surface area (Å²) in [5.74, 6) is 1.23. The minimum Gasteiger partial charge on any atom is -0.488 e. The van der Waals surface area contributed by atoms with Crippen LogP contribution in [0.4, 0.5) is 0 Å². The van der Waals surface area contributed by atoms with Gasteiger partial charge in [-0.2, -0.15) is 0 Å². The zero-order valence-electron chi connectivity index (χ0n) is 8.46. The molecule has 0 N–H and O–H groups in total. The summed E-state index contributed by atoms with van der Waals surface area (Å²) in [5.41, 5.74) is 1.08. The lowest BCUT2D eigenvalue weighted by atomic mass is 10.0. The molecule has 14 heavy (non-hydrogen) atoms. The van der Waals surface area contributed by atoms with Gasteiger partial charge in [-0.05, 0) is 18.8 Å². The van der Waals surface area contributed by atoms with E-state index in [1.807, 2.05) is 0 Å². The van der Waals surface area contributed by atoms with Crippen molar-refractivity contribution in [2.75, 3.05) is 0 Å². The van der Waals surface area contributed by atoms with E-state index in [1.54, 1.807) is 12.4 Å². The van der Waals surface area contributed by atoms with Crippen LogP contribution in [0.1, 0.15) is 38.2 Å². The van der Waals surface area contributed by atoms with Crippen molar-refractivity contribution in [1.82, 2.24) is 4.98 Å². The predicted molar refractivity (Wildman–Crippen MR) is 57.0 cm³/mol. The maximum Gasteiger partial charge on any atom is 0.142 e. The third-order valence-corrected chi connectivity index (χ3v) is 2.60. The Bertz CT molecular complexity index is 334. The van der Waals surface area contributed by atoms with Gasteiger partial charge in [0, 0.05) is 11.8 Å². The monoisotopic (exact) mass is 211 g/mol. The maximum atomic E-state index is 6.09. The molecule has 1 aromatic heterocycles. The Kier molecular flexibility index (Phi) is 2.64. The smallest absolute Gasteiger partial charge is 0.142 e. The third kappa shape index (κ3) is 2.01. The molecule has 0 amide bonds. The number of rotatable bonds is 3. The summed E-state index contributed by atoms with van der Waals surface area (Å²) in [5, 5.41) is 0.707. The standard InChI is InChI=1S/C11H14ClNO/c1-7(2)11-9(12)5-13-6-10(11)14-8-3-4-8/h5-8H,3-4H2,1-2H3. The molecular formula is C11H14ClNO. The van der Waals surface area contributed by atoms with Crippen molar-refractivity contribution in [3.8, 4) is 5.75 Å². The molecule has 1 fully saturated rings. The number of hydrogen-bond acceptors (Lipinski definition) is 2. The van der Waals surface area contributed by atoms with Gasteiger partial charge in [-0.3, -0.25) is 4.98 Å². The molecule has 2 rings (SSSR count). The molecule has 1 heterocycles. The molecular weight excluding hydrogens is 198 g/mol. The van der Waals surface area contributed by atoms with Crippen molar-refractivity contribution < 1.29 is 4.74 Å². The normalized spacial score (nSPS) is 16.0. The quantitative estimate of drug-likeness (QED) is 0.765. The van der Waals surface area contributed by atoms with Crippen molar-refractivity contribution >= 4 is 11.6 Å². The molecule has 1 aromatic rings. The van der Waals surface area contributed by atoms with Crippen LogP contribution in [0, 0.1) is 0 Å². The van der Waals surface area contributed by atoms with E-state index in [-0.39, 0.29) is 0 Å². The summed E-state index contributed by atoms with van der Waals surface area (Å²) in [6, 6.07) is 0. The first-order chi connectivity index (χ1) is 6.68. The van der Waals surface area contributed by atoms with Gasteiger partial charge in [0.15, 0.2) is 0 Å². The molecule has 3 heteroatoms. The van der Waals surface area contributed by atoms with E-state index in [0.717, 1.165) is 24.2 Å². The Morgan fingerprint density at radius 3 is 2.71 bits per heavy atom. The largest absolute Gasteiger partial charge is 0.488 e. The summed E-state index contributed by atoms with van der Waals surface area (Å²) in [4.78, 5) is 4.05. The second-order valence-electron chi connectivity index (χ2n) is 4.01. The molecule has 1 aliphatic rings. The molecule has 0 aliphatic heterocycles. The van der Waals surface area contributed by atoms with Crippen molar-refractivity contribution in [2.45, 2.75) is 38.7 Å². The number of pyridine rings is 1. The summed E-state index contributed by atoms with van der Waals surface area (Å²) in [7, 11) is 0. The summed E-state index contributed by atoms with van der Waals surface area (Å²) < 4.78 is 5.75. The zero-order valence-corrected chi connectivity index (χ0v) is 9.21. The lowest BCUT2D eigenvalue weighted by Crippen LogP contribution is -2.02. The van der Waals surface area contributed by atoms with E-state index in [4.69, 9.17) is 16.3 Å². The fraction of sp³-hybridized carbons (Fsp3) is 0.545. The first-order valence-corrected chi connectivity index (χ1v) is 5.36. The Hall–Kier alpha value is -0.760. The second kappa shape index (κ2) is 3.77. The van der Waals surface area contributed by atoms with Crippen LogP contribution in [-0.4, -0.2) is 11.1 Å². The van der Waals surface area contributed by atoms with Crippen LogP contribution in [0.5, 0.6) is 5.75 Å². The number of halogens is 1. The predicted octanol–water partition coefficient (Wildman–Crippen LogP) is 3.40. The highest BCUT2D eigenvalue weighted by Crippen LogP contribution is 2.35. The topological polar surface area (TPSA) is 22.1 Å². The van der Waals surface area contributed by atoms with Crippen LogP contribution < -0.4 is 4.74 Å². The molecule has 1 aliphatic carbocycles. The van der Waals surface area contributed by atoms with Gasteiger partial charge in [0.2, 0.25) is 0 Å². The van der Waals surface area contributed by atoms with Gasteiger partial charge in [-0.15, -0.1) is 0 Å². The number of nitrogens with zero attached hydrogens (tertiary/aromatic N) is 1. The van der Waals surface area contributed by atoms with Crippen LogP contribution in [0.25, 0.3) is 0 Å². The van der Waals surface area contributed by atoms with E-state index in [0.29, 0.717) is 17.0 Å². The average Bonchev–Trinajstić information content (AvgIpc) is 2.87. The molecule has 76 valence electrons. The first kappa shape index (κ1) is 9.78. The highest BCUT2D eigenvalue weighted by Gasteiger charge is 2.25. The van der Waals surface area contributed by atoms with Crippen LogP contribution >= 0.6 is 11.6 Å². The van der Waals surface area contributed by atoms with Gasteiger partial charge >= 0.3 is 0 Å². The highest BCUT2D eigenvalue weighted by molar-refractivity contribution is 6.31.